The van der Waals surface area contributed by atoms with Crippen LogP contribution in [0.3, 0.4) is 0 Å². The molecule has 6 nitrogen and oxygen atoms in total. The molecule has 1 aliphatic rings. The van der Waals surface area contributed by atoms with Gasteiger partial charge in [-0.15, -0.1) is 0 Å². The van der Waals surface area contributed by atoms with Crippen molar-refractivity contribution < 1.29 is 4.74 Å². The van der Waals surface area contributed by atoms with Crippen molar-refractivity contribution in [3.63, 3.8) is 0 Å². The van der Waals surface area contributed by atoms with Gasteiger partial charge in [-0.2, -0.15) is 0 Å². The molecule has 0 radical (unpaired) electrons. The van der Waals surface area contributed by atoms with Crippen LogP contribution < -0.4 is 9.64 Å². The molecule has 1 aromatic carbocycles. The number of fused-ring (bicyclic) bond motifs is 1. The van der Waals surface area contributed by atoms with E-state index >= 15 is 0 Å². The number of benzene rings is 1. The van der Waals surface area contributed by atoms with Crippen molar-refractivity contribution in [1.82, 2.24) is 19.5 Å². The predicted octanol–water partition coefficient (Wildman–Crippen LogP) is 3.59. The van der Waals surface area contributed by atoms with Crippen LogP contribution in [0.25, 0.3) is 11.0 Å². The number of imidazole rings is 1. The fraction of sp³-hybridized carbons (Fsp3) is 0.421. The highest BCUT2D eigenvalue weighted by molar-refractivity contribution is 5.76. The number of anilines is 1. The second-order valence-electron chi connectivity index (χ2n) is 6.20. The normalized spacial score (nSPS) is 17.4. The summed E-state index contributed by atoms with van der Waals surface area (Å²) in [5.41, 5.74) is 2.26. The van der Waals surface area contributed by atoms with Crippen molar-refractivity contribution in [2.24, 2.45) is 0 Å². The Hall–Kier alpha value is -2.63. The van der Waals surface area contributed by atoms with E-state index in [-0.39, 0.29) is 6.04 Å². The van der Waals surface area contributed by atoms with Gasteiger partial charge < -0.3 is 14.2 Å². The predicted molar refractivity (Wildman–Crippen MR) is 97.9 cm³/mol. The van der Waals surface area contributed by atoms with Crippen LogP contribution in [-0.2, 0) is 6.54 Å². The van der Waals surface area contributed by atoms with Crippen molar-refractivity contribution in [2.75, 3.05) is 18.1 Å². The summed E-state index contributed by atoms with van der Waals surface area (Å²) in [6.07, 6.45) is 3.79. The molecule has 0 aliphatic carbocycles. The Bertz CT molecular complexity index is 875. The Kier molecular flexibility index (Phi) is 4.26. The molecule has 0 spiro atoms. The van der Waals surface area contributed by atoms with E-state index in [4.69, 9.17) is 9.72 Å². The number of para-hydroxylation sites is 2. The molecule has 130 valence electrons. The summed E-state index contributed by atoms with van der Waals surface area (Å²) in [5, 5.41) is 0. The van der Waals surface area contributed by atoms with Gasteiger partial charge >= 0.3 is 0 Å². The van der Waals surface area contributed by atoms with Gasteiger partial charge in [-0.25, -0.2) is 15.0 Å². The van der Waals surface area contributed by atoms with Crippen molar-refractivity contribution in [3.05, 3.63) is 42.5 Å². The molecule has 1 aliphatic heterocycles. The minimum Gasteiger partial charge on any atom is -0.478 e. The van der Waals surface area contributed by atoms with E-state index in [0.717, 1.165) is 43.1 Å². The smallest absolute Gasteiger partial charge is 0.218 e. The maximum Gasteiger partial charge on any atom is 0.218 e. The third-order valence-corrected chi connectivity index (χ3v) is 4.77. The van der Waals surface area contributed by atoms with Gasteiger partial charge in [0, 0.05) is 19.2 Å². The number of aromatic nitrogens is 4. The molecule has 1 atom stereocenters. The van der Waals surface area contributed by atoms with Crippen LogP contribution in [0.4, 0.5) is 5.82 Å². The number of aryl methyl sites for hydroxylation is 1. The van der Waals surface area contributed by atoms with Crippen LogP contribution in [-0.4, -0.2) is 32.7 Å². The first kappa shape index (κ1) is 15.9. The Morgan fingerprint density at radius 1 is 1.20 bits per heavy atom. The first-order chi connectivity index (χ1) is 12.3. The maximum absolute atomic E-state index is 5.54. The van der Waals surface area contributed by atoms with E-state index in [1.165, 1.54) is 5.52 Å². The average molecular weight is 337 g/mol. The summed E-state index contributed by atoms with van der Waals surface area (Å²) in [4.78, 5) is 16.0. The van der Waals surface area contributed by atoms with Crippen molar-refractivity contribution in [1.29, 1.82) is 0 Å². The van der Waals surface area contributed by atoms with Crippen LogP contribution in [0.1, 0.15) is 38.6 Å². The molecule has 1 fully saturated rings. The third kappa shape index (κ3) is 2.81. The molecule has 3 heterocycles. The summed E-state index contributed by atoms with van der Waals surface area (Å²) in [5.74, 6) is 2.66. The zero-order valence-corrected chi connectivity index (χ0v) is 14.7. The number of hydrogen-bond donors (Lipinski definition) is 0. The zero-order valence-electron chi connectivity index (χ0n) is 14.7. The van der Waals surface area contributed by atoms with E-state index in [1.54, 1.807) is 6.33 Å². The lowest BCUT2D eigenvalue weighted by Crippen LogP contribution is -2.26. The number of ether oxygens (including phenoxy) is 1. The highest BCUT2D eigenvalue weighted by atomic mass is 16.5. The van der Waals surface area contributed by atoms with Gasteiger partial charge in [0.1, 0.15) is 18.0 Å². The third-order valence-electron chi connectivity index (χ3n) is 4.77. The molecule has 4 rings (SSSR count). The molecule has 3 aromatic rings. The number of hydrogen-bond acceptors (Lipinski definition) is 5. The van der Waals surface area contributed by atoms with Gasteiger partial charge in [0.15, 0.2) is 0 Å². The standard InChI is InChI=1S/C19H23N5O/c1-3-23-15-9-6-5-8-14(15)22-19(23)16-10-7-11-24(16)17-12-18(25-4-2)21-13-20-17/h5-6,8-9,12-13,16H,3-4,7,10-11H2,1-2H3. The second kappa shape index (κ2) is 6.70. The van der Waals surface area contributed by atoms with E-state index in [9.17, 15) is 0 Å². The van der Waals surface area contributed by atoms with Gasteiger partial charge in [0.2, 0.25) is 5.88 Å². The van der Waals surface area contributed by atoms with E-state index in [2.05, 4.69) is 44.6 Å². The van der Waals surface area contributed by atoms with Crippen LogP contribution in [0.2, 0.25) is 0 Å². The summed E-state index contributed by atoms with van der Waals surface area (Å²) < 4.78 is 7.86. The Balaban J connectivity index is 1.74. The van der Waals surface area contributed by atoms with Crippen LogP contribution in [0, 0.1) is 0 Å². The zero-order chi connectivity index (χ0) is 17.2. The molecule has 0 amide bonds. The summed E-state index contributed by atoms with van der Waals surface area (Å²) >= 11 is 0. The number of rotatable bonds is 5. The second-order valence-corrected chi connectivity index (χ2v) is 6.20. The van der Waals surface area contributed by atoms with Crippen molar-refractivity contribution in [2.45, 2.75) is 39.3 Å². The van der Waals surface area contributed by atoms with Crippen LogP contribution in [0.5, 0.6) is 5.88 Å². The summed E-state index contributed by atoms with van der Waals surface area (Å²) in [7, 11) is 0. The van der Waals surface area contributed by atoms with E-state index in [0.29, 0.717) is 12.5 Å². The molecule has 1 saturated heterocycles. The molecule has 0 saturated carbocycles. The fourth-order valence-corrected chi connectivity index (χ4v) is 3.70. The van der Waals surface area contributed by atoms with Crippen LogP contribution >= 0.6 is 0 Å². The minimum atomic E-state index is 0.233. The van der Waals surface area contributed by atoms with Crippen LogP contribution in [0.15, 0.2) is 36.7 Å². The van der Waals surface area contributed by atoms with E-state index in [1.807, 2.05) is 19.1 Å². The minimum absolute atomic E-state index is 0.233. The largest absolute Gasteiger partial charge is 0.478 e. The van der Waals surface area contributed by atoms with Gasteiger partial charge in [-0.1, -0.05) is 12.1 Å². The highest BCUT2D eigenvalue weighted by Gasteiger charge is 2.31. The van der Waals surface area contributed by atoms with Crippen molar-refractivity contribution >= 4 is 16.9 Å². The Morgan fingerprint density at radius 3 is 2.92 bits per heavy atom. The molecule has 2 aromatic heterocycles. The van der Waals surface area contributed by atoms with Gasteiger partial charge in [0.25, 0.3) is 0 Å². The lowest BCUT2D eigenvalue weighted by atomic mass is 10.2. The van der Waals surface area contributed by atoms with Crippen molar-refractivity contribution in [3.8, 4) is 5.88 Å². The lowest BCUT2D eigenvalue weighted by molar-refractivity contribution is 0.326. The molecule has 6 heteroatoms. The SMILES string of the molecule is CCOc1cc(N2CCCC2c2nc3ccccc3n2CC)ncn1. The van der Waals surface area contributed by atoms with E-state index < -0.39 is 0 Å². The Morgan fingerprint density at radius 2 is 2.08 bits per heavy atom. The fourth-order valence-electron chi connectivity index (χ4n) is 3.70. The van der Waals surface area contributed by atoms with Gasteiger partial charge in [-0.3, -0.25) is 0 Å². The Labute approximate surface area is 147 Å². The molecular weight excluding hydrogens is 314 g/mol. The molecule has 0 bridgehead atoms. The first-order valence-corrected chi connectivity index (χ1v) is 8.98. The summed E-state index contributed by atoms with van der Waals surface area (Å²) in [6, 6.07) is 10.5. The average Bonchev–Trinajstić information content (AvgIpc) is 3.26. The topological polar surface area (TPSA) is 56.1 Å². The first-order valence-electron chi connectivity index (χ1n) is 8.98. The molecule has 1 unspecified atom stereocenters. The molecular formula is C19H23N5O. The van der Waals surface area contributed by atoms with Gasteiger partial charge in [0.05, 0.1) is 23.7 Å². The number of nitrogens with zero attached hydrogens (tertiary/aromatic N) is 5. The van der Waals surface area contributed by atoms with Gasteiger partial charge in [-0.05, 0) is 38.8 Å². The summed E-state index contributed by atoms with van der Waals surface area (Å²) in [6.45, 7) is 6.62. The maximum atomic E-state index is 5.54. The lowest BCUT2D eigenvalue weighted by Gasteiger charge is -2.26. The quantitative estimate of drug-likeness (QED) is 0.712. The molecule has 0 N–H and O–H groups in total. The monoisotopic (exact) mass is 337 g/mol. The highest BCUT2D eigenvalue weighted by Crippen LogP contribution is 2.36. The molecule has 25 heavy (non-hydrogen) atoms.